The first-order valence-electron chi connectivity index (χ1n) is 5.29. The predicted octanol–water partition coefficient (Wildman–Crippen LogP) is 0.213. The topological polar surface area (TPSA) is 78.4 Å². The van der Waals surface area contributed by atoms with Gasteiger partial charge in [-0.25, -0.2) is 0 Å². The normalized spacial score (nSPS) is 12.1. The van der Waals surface area contributed by atoms with E-state index in [1.165, 1.54) is 0 Å². The molecule has 1 atom stereocenters. The van der Waals surface area contributed by atoms with Gasteiger partial charge in [-0.2, -0.15) is 0 Å². The lowest BCUT2D eigenvalue weighted by Gasteiger charge is -2.13. The zero-order valence-electron chi connectivity index (χ0n) is 9.38. The standard InChI is InChI=1S/C10H20N2O3/c1-3-8(5-10(14)15)6-12-9(13)7-11-4-2/h8,11H,3-7H2,1-2H3,(H,12,13)(H,14,15). The van der Waals surface area contributed by atoms with Crippen LogP contribution in [-0.2, 0) is 9.59 Å². The number of carboxylic acid groups (broad SMARTS) is 1. The highest BCUT2D eigenvalue weighted by atomic mass is 16.4. The summed E-state index contributed by atoms with van der Waals surface area (Å²) in [6, 6.07) is 0. The van der Waals surface area contributed by atoms with Crippen molar-refractivity contribution in [3.8, 4) is 0 Å². The van der Waals surface area contributed by atoms with E-state index in [1.54, 1.807) is 0 Å². The van der Waals surface area contributed by atoms with Crippen LogP contribution in [0.25, 0.3) is 0 Å². The third-order valence-electron chi connectivity index (χ3n) is 2.16. The van der Waals surface area contributed by atoms with Gasteiger partial charge in [0.1, 0.15) is 0 Å². The van der Waals surface area contributed by atoms with Gasteiger partial charge in [0.15, 0.2) is 0 Å². The molecule has 0 bridgehead atoms. The first kappa shape index (κ1) is 13.9. The summed E-state index contributed by atoms with van der Waals surface area (Å²) < 4.78 is 0. The molecule has 0 heterocycles. The maximum atomic E-state index is 11.2. The number of hydrogen-bond acceptors (Lipinski definition) is 3. The van der Waals surface area contributed by atoms with E-state index in [0.717, 1.165) is 13.0 Å². The molecule has 0 spiro atoms. The van der Waals surface area contributed by atoms with Crippen molar-refractivity contribution in [2.75, 3.05) is 19.6 Å². The first-order chi connectivity index (χ1) is 7.10. The Morgan fingerprint density at radius 2 is 2.00 bits per heavy atom. The van der Waals surface area contributed by atoms with Crippen LogP contribution in [-0.4, -0.2) is 36.6 Å². The quantitative estimate of drug-likeness (QED) is 0.542. The van der Waals surface area contributed by atoms with E-state index in [9.17, 15) is 9.59 Å². The average molecular weight is 216 g/mol. The third kappa shape index (κ3) is 7.93. The number of carbonyl (C=O) groups excluding carboxylic acids is 1. The van der Waals surface area contributed by atoms with Crippen LogP contribution in [0.2, 0.25) is 0 Å². The van der Waals surface area contributed by atoms with Crippen LogP contribution in [0, 0.1) is 5.92 Å². The number of nitrogens with one attached hydrogen (secondary N) is 2. The summed E-state index contributed by atoms with van der Waals surface area (Å²) in [6.45, 7) is 5.32. The van der Waals surface area contributed by atoms with Crippen LogP contribution < -0.4 is 10.6 Å². The number of hydrogen-bond donors (Lipinski definition) is 3. The zero-order valence-corrected chi connectivity index (χ0v) is 9.38. The number of carbonyl (C=O) groups is 2. The van der Waals surface area contributed by atoms with E-state index in [-0.39, 0.29) is 18.2 Å². The minimum absolute atomic E-state index is 0.0214. The Hall–Kier alpha value is -1.10. The Bertz CT molecular complexity index is 207. The van der Waals surface area contributed by atoms with Crippen LogP contribution in [0.3, 0.4) is 0 Å². The summed E-state index contributed by atoms with van der Waals surface area (Å²) in [5, 5.41) is 14.2. The van der Waals surface area contributed by atoms with Crippen molar-refractivity contribution in [3.05, 3.63) is 0 Å². The maximum absolute atomic E-state index is 11.2. The fourth-order valence-electron chi connectivity index (χ4n) is 1.17. The molecular formula is C10H20N2O3. The molecule has 15 heavy (non-hydrogen) atoms. The Morgan fingerprint density at radius 3 is 2.47 bits per heavy atom. The summed E-state index contributed by atoms with van der Waals surface area (Å²) in [6.07, 6.45) is 0.867. The SMILES string of the molecule is CCNCC(=O)NCC(CC)CC(=O)O. The predicted molar refractivity (Wildman–Crippen MR) is 57.6 cm³/mol. The molecule has 0 aliphatic carbocycles. The van der Waals surface area contributed by atoms with Gasteiger partial charge in [0.25, 0.3) is 0 Å². The monoisotopic (exact) mass is 216 g/mol. The molecular weight excluding hydrogens is 196 g/mol. The average Bonchev–Trinajstić information content (AvgIpc) is 2.20. The number of likely N-dealkylation sites (N-methyl/N-ethyl adjacent to an activating group) is 1. The molecule has 0 aliphatic heterocycles. The van der Waals surface area contributed by atoms with Gasteiger partial charge in [-0.15, -0.1) is 0 Å². The highest BCUT2D eigenvalue weighted by molar-refractivity contribution is 5.78. The molecule has 5 nitrogen and oxygen atoms in total. The van der Waals surface area contributed by atoms with Crippen LogP contribution in [0.4, 0.5) is 0 Å². The maximum Gasteiger partial charge on any atom is 0.303 e. The van der Waals surface area contributed by atoms with Gasteiger partial charge in [0, 0.05) is 13.0 Å². The Kier molecular flexibility index (Phi) is 7.62. The summed E-state index contributed by atoms with van der Waals surface area (Å²) in [5.41, 5.74) is 0. The van der Waals surface area contributed by atoms with E-state index in [1.807, 2.05) is 13.8 Å². The highest BCUT2D eigenvalue weighted by Crippen LogP contribution is 2.06. The molecule has 0 radical (unpaired) electrons. The van der Waals surface area contributed by atoms with E-state index in [4.69, 9.17) is 5.11 Å². The fourth-order valence-corrected chi connectivity index (χ4v) is 1.17. The summed E-state index contributed by atoms with van der Waals surface area (Å²) >= 11 is 0. The van der Waals surface area contributed by atoms with Gasteiger partial charge in [0.05, 0.1) is 6.54 Å². The molecule has 88 valence electrons. The van der Waals surface area contributed by atoms with Crippen molar-refractivity contribution < 1.29 is 14.7 Å². The molecule has 0 saturated heterocycles. The smallest absolute Gasteiger partial charge is 0.303 e. The minimum atomic E-state index is -0.817. The van der Waals surface area contributed by atoms with Crippen molar-refractivity contribution >= 4 is 11.9 Å². The lowest BCUT2D eigenvalue weighted by molar-refractivity contribution is -0.138. The van der Waals surface area contributed by atoms with Crippen molar-refractivity contribution in [2.24, 2.45) is 5.92 Å². The Morgan fingerprint density at radius 1 is 1.33 bits per heavy atom. The number of rotatable bonds is 8. The van der Waals surface area contributed by atoms with E-state index in [2.05, 4.69) is 10.6 Å². The third-order valence-corrected chi connectivity index (χ3v) is 2.16. The second-order valence-corrected chi connectivity index (χ2v) is 3.46. The van der Waals surface area contributed by atoms with Crippen LogP contribution in [0.5, 0.6) is 0 Å². The van der Waals surface area contributed by atoms with Crippen molar-refractivity contribution in [2.45, 2.75) is 26.7 Å². The van der Waals surface area contributed by atoms with Crippen molar-refractivity contribution in [3.63, 3.8) is 0 Å². The van der Waals surface area contributed by atoms with E-state index < -0.39 is 5.97 Å². The van der Waals surface area contributed by atoms with E-state index >= 15 is 0 Å². The van der Waals surface area contributed by atoms with E-state index in [0.29, 0.717) is 13.1 Å². The molecule has 0 fully saturated rings. The molecule has 0 aromatic carbocycles. The van der Waals surface area contributed by atoms with Gasteiger partial charge in [-0.1, -0.05) is 20.3 Å². The Balaban J connectivity index is 3.69. The van der Waals surface area contributed by atoms with Crippen LogP contribution in [0.15, 0.2) is 0 Å². The second kappa shape index (κ2) is 8.23. The van der Waals surface area contributed by atoms with Gasteiger partial charge >= 0.3 is 5.97 Å². The minimum Gasteiger partial charge on any atom is -0.481 e. The molecule has 5 heteroatoms. The van der Waals surface area contributed by atoms with Crippen LogP contribution >= 0.6 is 0 Å². The largest absolute Gasteiger partial charge is 0.481 e. The van der Waals surface area contributed by atoms with Gasteiger partial charge < -0.3 is 15.7 Å². The van der Waals surface area contributed by atoms with Gasteiger partial charge in [-0.05, 0) is 12.5 Å². The highest BCUT2D eigenvalue weighted by Gasteiger charge is 2.11. The number of carboxylic acids is 1. The molecule has 0 rings (SSSR count). The fraction of sp³-hybridized carbons (Fsp3) is 0.800. The number of aliphatic carboxylic acids is 1. The van der Waals surface area contributed by atoms with Gasteiger partial charge in [-0.3, -0.25) is 9.59 Å². The molecule has 0 aromatic heterocycles. The first-order valence-corrected chi connectivity index (χ1v) is 5.29. The van der Waals surface area contributed by atoms with Gasteiger partial charge in [0.2, 0.25) is 5.91 Å². The van der Waals surface area contributed by atoms with Crippen molar-refractivity contribution in [1.82, 2.24) is 10.6 Å². The molecule has 1 amide bonds. The second-order valence-electron chi connectivity index (χ2n) is 3.46. The van der Waals surface area contributed by atoms with Crippen molar-refractivity contribution in [1.29, 1.82) is 0 Å². The molecule has 0 saturated carbocycles. The Labute approximate surface area is 90.2 Å². The molecule has 1 unspecified atom stereocenters. The summed E-state index contributed by atoms with van der Waals surface area (Å²) in [5.74, 6) is -0.878. The van der Waals surface area contributed by atoms with Crippen LogP contribution in [0.1, 0.15) is 26.7 Å². The molecule has 0 aliphatic rings. The lowest BCUT2D eigenvalue weighted by atomic mass is 10.0. The molecule has 0 aromatic rings. The molecule has 3 N–H and O–H groups in total. The lowest BCUT2D eigenvalue weighted by Crippen LogP contribution is -2.36. The number of amides is 1. The zero-order chi connectivity index (χ0) is 11.7. The summed E-state index contributed by atoms with van der Waals surface area (Å²) in [4.78, 5) is 21.6. The summed E-state index contributed by atoms with van der Waals surface area (Å²) in [7, 11) is 0.